The van der Waals surface area contributed by atoms with Gasteiger partial charge < -0.3 is 19.1 Å². The molecule has 8 aromatic carbocycles. The van der Waals surface area contributed by atoms with Crippen molar-refractivity contribution in [3.05, 3.63) is 204 Å². The van der Waals surface area contributed by atoms with Crippen LogP contribution in [0.5, 0.6) is 0 Å². The van der Waals surface area contributed by atoms with Gasteiger partial charge in [-0.05, 0) is 153 Å². The highest BCUT2D eigenvalue weighted by atomic mass is 16.3. The van der Waals surface area contributed by atoms with Crippen molar-refractivity contribution >= 4 is 85.5 Å². The Morgan fingerprint density at radius 2 is 1.11 bits per heavy atom. The summed E-state index contributed by atoms with van der Waals surface area (Å²) in [4.78, 5) is 7.69. The van der Waals surface area contributed by atoms with E-state index >= 15 is 0 Å². The van der Waals surface area contributed by atoms with Crippen LogP contribution in [0.2, 0.25) is 0 Å². The van der Waals surface area contributed by atoms with E-state index in [1.807, 2.05) is 0 Å². The van der Waals surface area contributed by atoms with Gasteiger partial charge in [-0.15, -0.1) is 0 Å². The lowest BCUT2D eigenvalue weighted by Crippen LogP contribution is -2.61. The quantitative estimate of drug-likeness (QED) is 0.155. The van der Waals surface area contributed by atoms with Gasteiger partial charge in [0.2, 0.25) is 0 Å². The number of benzene rings is 8. The molecule has 0 amide bonds. The first-order chi connectivity index (χ1) is 34.4. The number of hydrogen-bond donors (Lipinski definition) is 0. The molecule has 1 aliphatic carbocycles. The molecule has 2 aliphatic heterocycles. The molecule has 0 unspecified atom stereocenters. The van der Waals surface area contributed by atoms with E-state index in [0.29, 0.717) is 0 Å². The molecule has 0 atom stereocenters. The molecule has 0 spiro atoms. The maximum Gasteiger partial charge on any atom is 0.297 e. The summed E-state index contributed by atoms with van der Waals surface area (Å²) in [5.41, 5.74) is 23.5. The summed E-state index contributed by atoms with van der Waals surface area (Å²) < 4.78 is 7.45. The van der Waals surface area contributed by atoms with Crippen LogP contribution >= 0.6 is 0 Å². The van der Waals surface area contributed by atoms with Crippen molar-refractivity contribution in [3.63, 3.8) is 0 Å². The SMILES string of the molecule is Cc1ccc2oc3c(c2c1)N(c1ccc(C(C)(C)C)cc1)c1cc(N(c2ccccc2)c2ccccc2)cc2c1B3c1ccc3c(c1N2c1ccc(C(C)(C)C)cc1-c1ccccc1)C(C)(C)CCC3(C)C. The molecule has 5 heteroatoms. The standard InChI is InChI=1S/C67H66BN3O/c1-43-27-36-58-52(39-43)61-63(72-58)68-54-34-33-53-59(67(10,11)38-37-66(53,8)9)62(54)71(55-35-30-46(65(5,6)7)40-51(55)44-21-15-12-16-22-44)57-42-50(69(47-23-17-13-18-24-47)48-25-19-14-20-26-48)41-56(60(57)68)70(61)49-31-28-45(29-32-49)64(2,3)4/h12-36,39-42H,37-38H2,1-11H3. The molecule has 0 saturated carbocycles. The largest absolute Gasteiger partial charge is 0.468 e. The Balaban J connectivity index is 1.28. The van der Waals surface area contributed by atoms with Crippen LogP contribution in [-0.2, 0) is 21.7 Å². The maximum absolute atomic E-state index is 7.45. The van der Waals surface area contributed by atoms with E-state index in [0.717, 1.165) is 69.3 Å². The van der Waals surface area contributed by atoms with Crippen molar-refractivity contribution in [1.29, 1.82) is 0 Å². The predicted molar refractivity (Wildman–Crippen MR) is 308 cm³/mol. The van der Waals surface area contributed by atoms with Crippen LogP contribution in [0.15, 0.2) is 180 Å². The number of anilines is 9. The Morgan fingerprint density at radius 1 is 0.528 bits per heavy atom. The number of fused-ring (bicyclic) bond motifs is 8. The normalized spacial score (nSPS) is 15.5. The van der Waals surface area contributed by atoms with Gasteiger partial charge in [0.1, 0.15) is 5.58 Å². The Kier molecular flexibility index (Phi) is 10.4. The second kappa shape index (κ2) is 16.4. The lowest BCUT2D eigenvalue weighted by atomic mass is 9.35. The molecule has 3 aliphatic rings. The third kappa shape index (κ3) is 7.33. The van der Waals surface area contributed by atoms with E-state index in [9.17, 15) is 0 Å². The van der Waals surface area contributed by atoms with Gasteiger partial charge in [0.15, 0.2) is 0 Å². The lowest BCUT2D eigenvalue weighted by molar-refractivity contribution is 0.333. The van der Waals surface area contributed by atoms with E-state index in [4.69, 9.17) is 4.42 Å². The zero-order valence-electron chi connectivity index (χ0n) is 44.0. The molecule has 0 bridgehead atoms. The third-order valence-electron chi connectivity index (χ3n) is 16.2. The highest BCUT2D eigenvalue weighted by Gasteiger charge is 2.51. The van der Waals surface area contributed by atoms with Crippen LogP contribution < -0.4 is 31.3 Å². The molecule has 12 rings (SSSR count). The Labute approximate surface area is 428 Å². The predicted octanol–water partition coefficient (Wildman–Crippen LogP) is 16.9. The zero-order valence-corrected chi connectivity index (χ0v) is 44.0. The first-order valence-corrected chi connectivity index (χ1v) is 26.1. The second-order valence-corrected chi connectivity index (χ2v) is 24.2. The minimum Gasteiger partial charge on any atom is -0.468 e. The number of hydrogen-bond acceptors (Lipinski definition) is 4. The van der Waals surface area contributed by atoms with Gasteiger partial charge in [0.25, 0.3) is 6.71 Å². The molecular weight excluding hydrogens is 874 g/mol. The van der Waals surface area contributed by atoms with E-state index in [2.05, 4.69) is 267 Å². The van der Waals surface area contributed by atoms with Crippen LogP contribution in [0.25, 0.3) is 22.1 Å². The number of para-hydroxylation sites is 2. The van der Waals surface area contributed by atoms with Crippen molar-refractivity contribution < 1.29 is 4.42 Å². The van der Waals surface area contributed by atoms with Gasteiger partial charge in [0.05, 0.1) is 22.7 Å². The van der Waals surface area contributed by atoms with Gasteiger partial charge in [-0.25, -0.2) is 0 Å². The fourth-order valence-electron chi connectivity index (χ4n) is 12.2. The van der Waals surface area contributed by atoms with Crippen molar-refractivity contribution in [1.82, 2.24) is 0 Å². The first-order valence-electron chi connectivity index (χ1n) is 26.1. The molecular formula is C67H66BN3O. The number of nitrogens with zero attached hydrogens (tertiary/aromatic N) is 3. The topological polar surface area (TPSA) is 22.9 Å². The van der Waals surface area contributed by atoms with Crippen LogP contribution in [0, 0.1) is 6.92 Å². The number of rotatable bonds is 6. The smallest absolute Gasteiger partial charge is 0.297 e. The van der Waals surface area contributed by atoms with E-state index in [1.54, 1.807) is 0 Å². The van der Waals surface area contributed by atoms with Gasteiger partial charge >= 0.3 is 0 Å². The Hall–Kier alpha value is -7.24. The van der Waals surface area contributed by atoms with E-state index < -0.39 is 0 Å². The molecule has 0 N–H and O–H groups in total. The summed E-state index contributed by atoms with van der Waals surface area (Å²) >= 11 is 0. The molecule has 72 heavy (non-hydrogen) atoms. The average Bonchev–Trinajstić information content (AvgIpc) is 3.73. The molecule has 0 radical (unpaired) electrons. The first kappa shape index (κ1) is 45.9. The zero-order chi connectivity index (χ0) is 50.1. The molecule has 4 nitrogen and oxygen atoms in total. The monoisotopic (exact) mass is 940 g/mol. The summed E-state index contributed by atoms with van der Waals surface area (Å²) in [7, 11) is 0. The maximum atomic E-state index is 7.45. The molecule has 9 aromatic rings. The Bertz CT molecular complexity index is 3520. The van der Waals surface area contributed by atoms with Crippen LogP contribution in [0.3, 0.4) is 0 Å². The second-order valence-electron chi connectivity index (χ2n) is 24.2. The number of furan rings is 1. The fraction of sp³-hybridized carbons (Fsp3) is 0.254. The Morgan fingerprint density at radius 3 is 1.74 bits per heavy atom. The summed E-state index contributed by atoms with van der Waals surface area (Å²) in [5.74, 6) is 0. The highest BCUT2D eigenvalue weighted by Crippen LogP contribution is 2.56. The fourth-order valence-corrected chi connectivity index (χ4v) is 12.2. The molecule has 0 fully saturated rings. The van der Waals surface area contributed by atoms with Crippen LogP contribution in [-0.4, -0.2) is 6.71 Å². The summed E-state index contributed by atoms with van der Waals surface area (Å²) in [6.45, 7) is 25.8. The van der Waals surface area contributed by atoms with E-state index in [1.165, 1.54) is 61.2 Å². The molecule has 1 aromatic heterocycles. The van der Waals surface area contributed by atoms with Gasteiger partial charge in [-0.2, -0.15) is 0 Å². The van der Waals surface area contributed by atoms with Crippen molar-refractivity contribution in [2.45, 2.75) is 111 Å². The number of aryl methyl sites for hydroxylation is 1. The van der Waals surface area contributed by atoms with Crippen LogP contribution in [0.4, 0.5) is 51.2 Å². The molecule has 0 saturated heterocycles. The van der Waals surface area contributed by atoms with Gasteiger partial charge in [0, 0.05) is 45.1 Å². The highest BCUT2D eigenvalue weighted by molar-refractivity contribution is 7.00. The lowest BCUT2D eigenvalue weighted by Gasteiger charge is -2.49. The minimum atomic E-state index is -0.204. The van der Waals surface area contributed by atoms with Crippen LogP contribution in [0.1, 0.15) is 110 Å². The van der Waals surface area contributed by atoms with E-state index in [-0.39, 0.29) is 28.4 Å². The molecule has 358 valence electrons. The van der Waals surface area contributed by atoms with Crippen molar-refractivity contribution in [2.24, 2.45) is 0 Å². The van der Waals surface area contributed by atoms with Crippen molar-refractivity contribution in [2.75, 3.05) is 14.7 Å². The summed E-state index contributed by atoms with van der Waals surface area (Å²) in [6.07, 6.45) is 2.20. The summed E-state index contributed by atoms with van der Waals surface area (Å²) in [5, 5.41) is 1.12. The minimum absolute atomic E-state index is 0.00816. The van der Waals surface area contributed by atoms with Gasteiger partial charge in [-0.3, -0.25) is 0 Å². The average molecular weight is 940 g/mol. The molecule has 3 heterocycles. The summed E-state index contributed by atoms with van der Waals surface area (Å²) in [6, 6.07) is 66.1. The third-order valence-corrected chi connectivity index (χ3v) is 16.2. The van der Waals surface area contributed by atoms with Gasteiger partial charge in [-0.1, -0.05) is 178 Å². The van der Waals surface area contributed by atoms with Crippen molar-refractivity contribution in [3.8, 4) is 11.1 Å².